The van der Waals surface area contributed by atoms with Crippen LogP contribution in [-0.4, -0.2) is 22.2 Å². The first-order valence-electron chi connectivity index (χ1n) is 5.44. The molecule has 5 heteroatoms. The molecule has 0 amide bonds. The molecule has 97 valence electrons. The maximum absolute atomic E-state index is 13.4. The third-order valence-electron chi connectivity index (χ3n) is 2.56. The topological polar surface area (TPSA) is 12.4 Å². The van der Waals surface area contributed by atoms with Crippen molar-refractivity contribution in [1.29, 1.82) is 0 Å². The summed E-state index contributed by atoms with van der Waals surface area (Å²) >= 11 is 2.87. The second kappa shape index (κ2) is 5.59. The molecule has 19 heavy (non-hydrogen) atoms. The second-order valence-corrected chi connectivity index (χ2v) is 4.83. The van der Waals surface area contributed by atoms with E-state index in [1.54, 1.807) is 6.07 Å². The van der Waals surface area contributed by atoms with Gasteiger partial charge in [-0.1, -0.05) is 0 Å². The first-order valence-corrected chi connectivity index (χ1v) is 6.30. The molecule has 0 saturated heterocycles. The molecule has 0 unspecified atom stereocenters. The summed E-state index contributed by atoms with van der Waals surface area (Å²) in [6.45, 7) is 1.90. The zero-order valence-corrected chi connectivity index (χ0v) is 11.7. The van der Waals surface area contributed by atoms with E-state index < -0.39 is 23.1 Å². The van der Waals surface area contributed by atoms with Crippen LogP contribution in [0.25, 0.3) is 0 Å². The van der Waals surface area contributed by atoms with Gasteiger partial charge in [0.15, 0.2) is 0 Å². The first kappa shape index (κ1) is 13.8. The number of hydrogen-bond acceptors (Lipinski definition) is 1. The zero-order valence-electron chi connectivity index (χ0n) is 9.95. The molecular weight excluding hydrogens is 318 g/mol. The molecule has 2 rings (SSSR count). The fourth-order valence-corrected chi connectivity index (χ4v) is 1.96. The molecule has 2 aromatic rings. The molecule has 0 N–H and O–H groups in total. The van der Waals surface area contributed by atoms with Gasteiger partial charge in [-0.3, -0.25) is 0 Å². The van der Waals surface area contributed by atoms with Gasteiger partial charge in [-0.2, -0.15) is 0 Å². The molecule has 0 aliphatic carbocycles. The maximum atomic E-state index is 13.4. The molecule has 0 heterocycles. The molecule has 0 spiro atoms. The SMILES string of the molecule is Cc1cccc(C=Nc2c(F)cc(F)cc2F)c1[Se]. The summed E-state index contributed by atoms with van der Waals surface area (Å²) in [5, 5.41) is 0. The van der Waals surface area contributed by atoms with Crippen molar-refractivity contribution in [1.82, 2.24) is 0 Å². The van der Waals surface area contributed by atoms with E-state index in [2.05, 4.69) is 21.0 Å². The van der Waals surface area contributed by atoms with Gasteiger partial charge in [0.25, 0.3) is 0 Å². The van der Waals surface area contributed by atoms with Gasteiger partial charge in [0.1, 0.15) is 0 Å². The molecule has 0 bridgehead atoms. The van der Waals surface area contributed by atoms with E-state index in [0.29, 0.717) is 17.7 Å². The zero-order chi connectivity index (χ0) is 14.0. The van der Waals surface area contributed by atoms with Gasteiger partial charge in [-0.25, -0.2) is 0 Å². The standard InChI is InChI=1S/C14H9F3NSe/c1-8-3-2-4-9(14(8)19)7-18-13-11(16)5-10(15)6-12(13)17/h2-7H,1H3. The Labute approximate surface area is 117 Å². The van der Waals surface area contributed by atoms with Crippen LogP contribution >= 0.6 is 0 Å². The Morgan fingerprint density at radius 3 is 2.37 bits per heavy atom. The molecule has 0 fully saturated rings. The first-order chi connectivity index (χ1) is 8.99. The van der Waals surface area contributed by atoms with E-state index in [4.69, 9.17) is 0 Å². The third kappa shape index (κ3) is 3.06. The van der Waals surface area contributed by atoms with Crippen LogP contribution in [0.15, 0.2) is 35.3 Å². The average molecular weight is 327 g/mol. The van der Waals surface area contributed by atoms with Crippen molar-refractivity contribution in [2.45, 2.75) is 6.92 Å². The molecule has 0 saturated carbocycles. The summed E-state index contributed by atoms with van der Waals surface area (Å²) in [5.41, 5.74) is 1.22. The summed E-state index contributed by atoms with van der Waals surface area (Å²) in [7, 11) is 0. The van der Waals surface area contributed by atoms with Crippen molar-refractivity contribution >= 4 is 32.4 Å². The minimum absolute atomic E-state index is 0.498. The summed E-state index contributed by atoms with van der Waals surface area (Å²) in [6, 6.07) is 6.69. The van der Waals surface area contributed by atoms with Gasteiger partial charge in [-0.05, 0) is 0 Å². The number of hydrogen-bond donors (Lipinski definition) is 0. The van der Waals surface area contributed by atoms with Crippen molar-refractivity contribution < 1.29 is 13.2 Å². The number of aliphatic imine (C=N–C) groups is 1. The number of nitrogens with zero attached hydrogens (tertiary/aromatic N) is 1. The van der Waals surface area contributed by atoms with E-state index in [0.717, 1.165) is 10.0 Å². The molecule has 0 aliphatic rings. The van der Waals surface area contributed by atoms with E-state index in [1.807, 2.05) is 19.1 Å². The van der Waals surface area contributed by atoms with Crippen LogP contribution < -0.4 is 4.46 Å². The third-order valence-corrected chi connectivity index (χ3v) is 3.73. The van der Waals surface area contributed by atoms with E-state index in [1.165, 1.54) is 6.21 Å². The van der Waals surface area contributed by atoms with Crippen LogP contribution in [0.2, 0.25) is 0 Å². The van der Waals surface area contributed by atoms with Crippen molar-refractivity contribution in [3.63, 3.8) is 0 Å². The Kier molecular flexibility index (Phi) is 4.07. The summed E-state index contributed by atoms with van der Waals surface area (Å²) < 4.78 is 40.4. The van der Waals surface area contributed by atoms with Gasteiger partial charge in [0, 0.05) is 0 Å². The number of aryl methyl sites for hydroxylation is 1. The van der Waals surface area contributed by atoms with Crippen molar-refractivity contribution in [2.24, 2.45) is 4.99 Å². The van der Waals surface area contributed by atoms with Crippen LogP contribution in [-0.2, 0) is 0 Å². The monoisotopic (exact) mass is 328 g/mol. The molecular formula is C14H9F3NSe. The Bertz CT molecular complexity index is 630. The van der Waals surface area contributed by atoms with Crippen molar-refractivity contribution in [2.75, 3.05) is 0 Å². The van der Waals surface area contributed by atoms with Crippen LogP contribution in [0, 0.1) is 24.4 Å². The quantitative estimate of drug-likeness (QED) is 0.594. The van der Waals surface area contributed by atoms with Crippen LogP contribution in [0.4, 0.5) is 18.9 Å². The molecule has 0 aromatic heterocycles. The summed E-state index contributed by atoms with van der Waals surface area (Å²) in [6.07, 6.45) is 1.35. The molecule has 1 nitrogen and oxygen atoms in total. The predicted octanol–water partition coefficient (Wildman–Crippen LogP) is 2.96. The fourth-order valence-electron chi connectivity index (χ4n) is 1.57. The molecule has 0 atom stereocenters. The normalized spacial score (nSPS) is 11.2. The Balaban J connectivity index is 2.41. The van der Waals surface area contributed by atoms with Gasteiger partial charge in [0.2, 0.25) is 0 Å². The van der Waals surface area contributed by atoms with Crippen molar-refractivity contribution in [3.8, 4) is 0 Å². The van der Waals surface area contributed by atoms with Crippen LogP contribution in [0.1, 0.15) is 11.1 Å². The van der Waals surface area contributed by atoms with Gasteiger partial charge in [0.05, 0.1) is 0 Å². The van der Waals surface area contributed by atoms with E-state index in [9.17, 15) is 13.2 Å². The molecule has 2 aromatic carbocycles. The summed E-state index contributed by atoms with van der Waals surface area (Å²) in [4.78, 5) is 3.76. The van der Waals surface area contributed by atoms with Crippen LogP contribution in [0.5, 0.6) is 0 Å². The average Bonchev–Trinajstić information content (AvgIpc) is 2.33. The van der Waals surface area contributed by atoms with Gasteiger partial charge >= 0.3 is 116 Å². The van der Waals surface area contributed by atoms with E-state index in [-0.39, 0.29) is 0 Å². The Hall–Kier alpha value is -1.58. The fraction of sp³-hybridized carbons (Fsp3) is 0.0714. The number of benzene rings is 2. The van der Waals surface area contributed by atoms with Gasteiger partial charge < -0.3 is 0 Å². The molecule has 0 aliphatic heterocycles. The number of halogens is 3. The van der Waals surface area contributed by atoms with Gasteiger partial charge in [-0.15, -0.1) is 0 Å². The number of rotatable bonds is 2. The van der Waals surface area contributed by atoms with Crippen molar-refractivity contribution in [3.05, 3.63) is 58.9 Å². The molecule has 1 radical (unpaired) electrons. The summed E-state index contributed by atoms with van der Waals surface area (Å²) in [5.74, 6) is -3.01. The second-order valence-electron chi connectivity index (χ2n) is 3.97. The Morgan fingerprint density at radius 2 is 1.74 bits per heavy atom. The van der Waals surface area contributed by atoms with E-state index >= 15 is 0 Å². The minimum atomic E-state index is -1.02. The predicted molar refractivity (Wildman–Crippen MR) is 70.1 cm³/mol. The van der Waals surface area contributed by atoms with Crippen LogP contribution in [0.3, 0.4) is 0 Å². The Morgan fingerprint density at radius 1 is 1.11 bits per heavy atom.